The number of anilines is 1. The summed E-state index contributed by atoms with van der Waals surface area (Å²) in [7, 11) is -4.01. The third-order valence-corrected chi connectivity index (χ3v) is 5.63. The van der Waals surface area contributed by atoms with Crippen molar-refractivity contribution in [3.05, 3.63) is 64.2 Å². The second-order valence-corrected chi connectivity index (χ2v) is 7.78. The Kier molecular flexibility index (Phi) is 7.68. The topological polar surface area (TPSA) is 119 Å². The van der Waals surface area contributed by atoms with Crippen molar-refractivity contribution in [3.63, 3.8) is 0 Å². The van der Waals surface area contributed by atoms with E-state index in [-0.39, 0.29) is 22.9 Å². The van der Waals surface area contributed by atoms with E-state index in [0.29, 0.717) is 12.1 Å². The first-order valence-electron chi connectivity index (χ1n) is 9.03. The van der Waals surface area contributed by atoms with Gasteiger partial charge in [-0.25, -0.2) is 13.2 Å². The summed E-state index contributed by atoms with van der Waals surface area (Å²) >= 11 is 0. The number of nitrogens with zero attached hydrogens (tertiary/aromatic N) is 2. The quantitative estimate of drug-likeness (QED) is 0.356. The van der Waals surface area contributed by atoms with Gasteiger partial charge in [0.15, 0.2) is 0 Å². The van der Waals surface area contributed by atoms with Crippen LogP contribution in [0.25, 0.3) is 0 Å². The Bertz CT molecular complexity index is 956. The summed E-state index contributed by atoms with van der Waals surface area (Å²) in [6.07, 6.45) is 0. The molecule has 0 atom stereocenters. The number of carbonyl (C=O) groups is 1. The number of non-ortho nitro benzene ring substituents is 1. The van der Waals surface area contributed by atoms with Crippen LogP contribution < -0.4 is 4.72 Å². The maximum Gasteiger partial charge on any atom is 0.338 e. The van der Waals surface area contributed by atoms with Gasteiger partial charge in [0, 0.05) is 24.4 Å². The summed E-state index contributed by atoms with van der Waals surface area (Å²) < 4.78 is 32.4. The number of hydrogen-bond donors (Lipinski definition) is 1. The third kappa shape index (κ3) is 6.26. The molecule has 9 nitrogen and oxygen atoms in total. The van der Waals surface area contributed by atoms with E-state index in [1.165, 1.54) is 42.5 Å². The van der Waals surface area contributed by atoms with E-state index in [1.54, 1.807) is 0 Å². The first kappa shape index (κ1) is 22.3. The van der Waals surface area contributed by atoms with Crippen molar-refractivity contribution in [2.75, 3.05) is 31.0 Å². The molecule has 0 aliphatic carbocycles. The average molecular weight is 421 g/mol. The van der Waals surface area contributed by atoms with Crippen LogP contribution in [0.2, 0.25) is 0 Å². The highest BCUT2D eigenvalue weighted by Gasteiger charge is 2.18. The van der Waals surface area contributed by atoms with Crippen LogP contribution in [-0.2, 0) is 14.8 Å². The molecule has 0 saturated carbocycles. The summed E-state index contributed by atoms with van der Waals surface area (Å²) in [6.45, 7) is 6.69. The zero-order chi connectivity index (χ0) is 21.4. The van der Waals surface area contributed by atoms with Crippen molar-refractivity contribution in [3.8, 4) is 0 Å². The molecule has 0 aliphatic rings. The molecule has 156 valence electrons. The largest absolute Gasteiger partial charge is 0.461 e. The highest BCUT2D eigenvalue weighted by Crippen LogP contribution is 2.21. The van der Waals surface area contributed by atoms with Gasteiger partial charge in [-0.2, -0.15) is 0 Å². The molecule has 0 amide bonds. The van der Waals surface area contributed by atoms with Crippen LogP contribution in [0.1, 0.15) is 24.2 Å². The molecule has 0 bridgehead atoms. The molecular weight excluding hydrogens is 398 g/mol. The van der Waals surface area contributed by atoms with Gasteiger partial charge in [-0.1, -0.05) is 19.9 Å². The van der Waals surface area contributed by atoms with E-state index in [1.807, 2.05) is 13.8 Å². The van der Waals surface area contributed by atoms with Gasteiger partial charge in [-0.05, 0) is 43.4 Å². The molecular formula is C19H23N3O6S. The molecule has 0 spiro atoms. The van der Waals surface area contributed by atoms with Crippen molar-refractivity contribution in [2.24, 2.45) is 0 Å². The fourth-order valence-corrected chi connectivity index (χ4v) is 3.64. The number of hydrogen-bond acceptors (Lipinski definition) is 7. The number of rotatable bonds is 10. The van der Waals surface area contributed by atoms with Crippen molar-refractivity contribution >= 4 is 27.4 Å². The van der Waals surface area contributed by atoms with Gasteiger partial charge >= 0.3 is 5.97 Å². The molecule has 0 heterocycles. The highest BCUT2D eigenvalue weighted by molar-refractivity contribution is 7.92. The van der Waals surface area contributed by atoms with E-state index >= 15 is 0 Å². The number of likely N-dealkylation sites (N-methyl/N-ethyl adjacent to an activating group) is 1. The lowest BCUT2D eigenvalue weighted by Crippen LogP contribution is -2.27. The number of benzene rings is 2. The normalized spacial score (nSPS) is 11.3. The van der Waals surface area contributed by atoms with Crippen LogP contribution in [0, 0.1) is 10.1 Å². The fourth-order valence-electron chi connectivity index (χ4n) is 2.54. The molecule has 0 saturated heterocycles. The predicted molar refractivity (Wildman–Crippen MR) is 108 cm³/mol. The standard InChI is InChI=1S/C19H23N3O6S/c1-3-21(4-2)12-13-28-19(23)15-8-10-16(11-9-15)20-29(26,27)18-7-5-6-17(14-18)22(24)25/h5-11,14,20H,3-4,12-13H2,1-2H3. The van der Waals surface area contributed by atoms with Gasteiger partial charge in [0.1, 0.15) is 6.61 Å². The van der Waals surface area contributed by atoms with Crippen LogP contribution >= 0.6 is 0 Å². The van der Waals surface area contributed by atoms with Gasteiger partial charge in [-0.15, -0.1) is 0 Å². The maximum absolute atomic E-state index is 12.4. The number of nitro benzene ring substituents is 1. The maximum atomic E-state index is 12.4. The first-order valence-corrected chi connectivity index (χ1v) is 10.5. The average Bonchev–Trinajstić information content (AvgIpc) is 2.71. The molecule has 1 N–H and O–H groups in total. The Balaban J connectivity index is 2.02. The first-order chi connectivity index (χ1) is 13.8. The Labute approximate surface area is 169 Å². The minimum atomic E-state index is -4.01. The van der Waals surface area contributed by atoms with Crippen molar-refractivity contribution < 1.29 is 22.9 Å². The van der Waals surface area contributed by atoms with Crippen molar-refractivity contribution in [1.82, 2.24) is 4.90 Å². The zero-order valence-electron chi connectivity index (χ0n) is 16.2. The Hall–Kier alpha value is -2.98. The zero-order valence-corrected chi connectivity index (χ0v) is 17.0. The third-order valence-electron chi connectivity index (χ3n) is 4.25. The van der Waals surface area contributed by atoms with E-state index in [9.17, 15) is 23.3 Å². The van der Waals surface area contributed by atoms with Gasteiger partial charge in [0.05, 0.1) is 15.4 Å². The molecule has 2 aromatic rings. The SMILES string of the molecule is CCN(CC)CCOC(=O)c1ccc(NS(=O)(=O)c2cccc([N+](=O)[O-])c2)cc1. The molecule has 0 aliphatic heterocycles. The molecule has 2 aromatic carbocycles. The number of ether oxygens (including phenoxy) is 1. The lowest BCUT2D eigenvalue weighted by molar-refractivity contribution is -0.385. The summed E-state index contributed by atoms with van der Waals surface area (Å²) in [5, 5.41) is 10.8. The summed E-state index contributed by atoms with van der Waals surface area (Å²) in [4.78, 5) is 24.1. The minimum absolute atomic E-state index is 0.219. The molecule has 2 rings (SSSR count). The van der Waals surface area contributed by atoms with Crippen LogP contribution in [0.5, 0.6) is 0 Å². The van der Waals surface area contributed by atoms with E-state index in [0.717, 1.165) is 19.2 Å². The summed E-state index contributed by atoms with van der Waals surface area (Å²) in [5.74, 6) is -0.495. The monoisotopic (exact) mass is 421 g/mol. The Morgan fingerprint density at radius 2 is 1.79 bits per heavy atom. The number of nitrogens with one attached hydrogen (secondary N) is 1. The second kappa shape index (κ2) is 9.99. The van der Waals surface area contributed by atoms with Gasteiger partial charge in [-0.3, -0.25) is 14.8 Å². The van der Waals surface area contributed by atoms with E-state index in [2.05, 4.69) is 9.62 Å². The molecule has 0 aromatic heterocycles. The van der Waals surface area contributed by atoms with Gasteiger partial charge < -0.3 is 9.64 Å². The van der Waals surface area contributed by atoms with Crippen LogP contribution in [-0.4, -0.2) is 50.5 Å². The number of carbonyl (C=O) groups excluding carboxylic acids is 1. The second-order valence-electron chi connectivity index (χ2n) is 6.10. The predicted octanol–water partition coefficient (Wildman–Crippen LogP) is 2.89. The van der Waals surface area contributed by atoms with Crippen molar-refractivity contribution in [2.45, 2.75) is 18.7 Å². The summed E-state index contributed by atoms with van der Waals surface area (Å²) in [5.41, 5.74) is 0.190. The van der Waals surface area contributed by atoms with E-state index < -0.39 is 20.9 Å². The van der Waals surface area contributed by atoms with Gasteiger partial charge in [0.25, 0.3) is 15.7 Å². The molecule has 29 heavy (non-hydrogen) atoms. The summed E-state index contributed by atoms with van der Waals surface area (Å²) in [6, 6.07) is 10.5. The molecule has 0 fully saturated rings. The Morgan fingerprint density at radius 1 is 1.14 bits per heavy atom. The fraction of sp³-hybridized carbons (Fsp3) is 0.316. The molecule has 10 heteroatoms. The van der Waals surface area contributed by atoms with Crippen molar-refractivity contribution in [1.29, 1.82) is 0 Å². The lowest BCUT2D eigenvalue weighted by Gasteiger charge is -2.17. The number of sulfonamides is 1. The number of nitro groups is 1. The molecule has 0 radical (unpaired) electrons. The van der Waals surface area contributed by atoms with Crippen LogP contribution in [0.4, 0.5) is 11.4 Å². The lowest BCUT2D eigenvalue weighted by atomic mass is 10.2. The van der Waals surface area contributed by atoms with Gasteiger partial charge in [0.2, 0.25) is 0 Å². The Morgan fingerprint density at radius 3 is 2.38 bits per heavy atom. The number of esters is 1. The molecule has 0 unspecified atom stereocenters. The van der Waals surface area contributed by atoms with Crippen LogP contribution in [0.15, 0.2) is 53.4 Å². The minimum Gasteiger partial charge on any atom is -0.461 e. The highest BCUT2D eigenvalue weighted by atomic mass is 32.2. The van der Waals surface area contributed by atoms with Crippen LogP contribution in [0.3, 0.4) is 0 Å². The smallest absolute Gasteiger partial charge is 0.338 e. The van der Waals surface area contributed by atoms with E-state index in [4.69, 9.17) is 4.74 Å².